The monoisotopic (exact) mass is 250 g/mol. The Balaban J connectivity index is 3.03. The summed E-state index contributed by atoms with van der Waals surface area (Å²) >= 11 is 0. The van der Waals surface area contributed by atoms with Gasteiger partial charge >= 0.3 is 0 Å². The lowest BCUT2D eigenvalue weighted by Gasteiger charge is -2.22. The van der Waals surface area contributed by atoms with Crippen LogP contribution in [0.2, 0.25) is 0 Å². The molecule has 1 rings (SSSR count). The molecule has 1 amide bonds. The van der Waals surface area contributed by atoms with Crippen LogP contribution < -0.4 is 5.32 Å². The van der Waals surface area contributed by atoms with Gasteiger partial charge in [0.25, 0.3) is 5.69 Å². The summed E-state index contributed by atoms with van der Waals surface area (Å²) in [5.41, 5.74) is 0.498. The topological polar surface area (TPSA) is 72.2 Å². The highest BCUT2D eigenvalue weighted by Gasteiger charge is 2.26. The number of rotatable bonds is 4. The van der Waals surface area contributed by atoms with E-state index in [0.717, 1.165) is 0 Å². The summed E-state index contributed by atoms with van der Waals surface area (Å²) in [5.74, 6) is -0.131. The van der Waals surface area contributed by atoms with E-state index in [0.29, 0.717) is 17.7 Å². The SMILES string of the molecule is CCC(C)(C)C(=O)Nc1cccc([N+](=O)[O-])c1C. The molecule has 0 fully saturated rings. The molecule has 0 unspecified atom stereocenters. The van der Waals surface area contributed by atoms with Crippen LogP contribution in [0.25, 0.3) is 0 Å². The number of nitrogens with one attached hydrogen (secondary N) is 1. The van der Waals surface area contributed by atoms with Crippen LogP contribution in [-0.2, 0) is 4.79 Å². The van der Waals surface area contributed by atoms with Crippen LogP contribution >= 0.6 is 0 Å². The maximum absolute atomic E-state index is 12.0. The second kappa shape index (κ2) is 5.16. The summed E-state index contributed by atoms with van der Waals surface area (Å²) in [4.78, 5) is 22.4. The van der Waals surface area contributed by atoms with Crippen molar-refractivity contribution in [1.29, 1.82) is 0 Å². The standard InChI is InChI=1S/C13H18N2O3/c1-5-13(3,4)12(16)14-10-7-6-8-11(9(10)2)15(17)18/h6-8H,5H2,1-4H3,(H,14,16). The zero-order chi connectivity index (χ0) is 13.9. The lowest BCUT2D eigenvalue weighted by Crippen LogP contribution is -2.30. The highest BCUT2D eigenvalue weighted by molar-refractivity contribution is 5.95. The van der Waals surface area contributed by atoms with Crippen molar-refractivity contribution in [3.8, 4) is 0 Å². The Labute approximate surface area is 106 Å². The predicted octanol–water partition coefficient (Wildman–Crippen LogP) is 3.28. The van der Waals surface area contributed by atoms with Gasteiger partial charge in [-0.1, -0.05) is 26.8 Å². The summed E-state index contributed by atoms with van der Waals surface area (Å²) in [6.07, 6.45) is 0.701. The third kappa shape index (κ3) is 2.85. The van der Waals surface area contributed by atoms with Gasteiger partial charge in [0.15, 0.2) is 0 Å². The van der Waals surface area contributed by atoms with Gasteiger partial charge in [0.05, 0.1) is 16.2 Å². The number of hydrogen-bond donors (Lipinski definition) is 1. The molecule has 5 nitrogen and oxygen atoms in total. The molecule has 0 spiro atoms. The van der Waals surface area contributed by atoms with Crippen molar-refractivity contribution < 1.29 is 9.72 Å². The van der Waals surface area contributed by atoms with Crippen molar-refractivity contribution in [2.45, 2.75) is 34.1 Å². The molecule has 18 heavy (non-hydrogen) atoms. The average molecular weight is 250 g/mol. The minimum Gasteiger partial charge on any atom is -0.325 e. The van der Waals surface area contributed by atoms with Gasteiger partial charge in [-0.25, -0.2) is 0 Å². The Morgan fingerprint density at radius 2 is 2.06 bits per heavy atom. The number of nitro benzene ring substituents is 1. The Bertz CT molecular complexity index is 481. The van der Waals surface area contributed by atoms with E-state index in [1.54, 1.807) is 19.1 Å². The minimum atomic E-state index is -0.489. The molecule has 0 aromatic heterocycles. The van der Waals surface area contributed by atoms with Crippen molar-refractivity contribution in [1.82, 2.24) is 0 Å². The molecular weight excluding hydrogens is 232 g/mol. The second-order valence-corrected chi connectivity index (χ2v) is 4.90. The van der Waals surface area contributed by atoms with E-state index < -0.39 is 10.3 Å². The molecule has 0 atom stereocenters. The van der Waals surface area contributed by atoms with Gasteiger partial charge in [-0.2, -0.15) is 0 Å². The first-order valence-corrected chi connectivity index (χ1v) is 5.85. The molecule has 5 heteroatoms. The van der Waals surface area contributed by atoms with E-state index in [9.17, 15) is 14.9 Å². The fraction of sp³-hybridized carbons (Fsp3) is 0.462. The van der Waals surface area contributed by atoms with Gasteiger partial charge in [0.1, 0.15) is 0 Å². The van der Waals surface area contributed by atoms with E-state index in [1.165, 1.54) is 6.07 Å². The maximum atomic E-state index is 12.0. The zero-order valence-electron chi connectivity index (χ0n) is 11.1. The molecule has 0 aliphatic heterocycles. The van der Waals surface area contributed by atoms with Crippen molar-refractivity contribution in [3.05, 3.63) is 33.9 Å². The number of hydrogen-bond acceptors (Lipinski definition) is 3. The number of amides is 1. The van der Waals surface area contributed by atoms with Crippen LogP contribution in [0, 0.1) is 22.5 Å². The smallest absolute Gasteiger partial charge is 0.274 e. The number of carbonyl (C=O) groups is 1. The number of benzene rings is 1. The molecule has 1 N–H and O–H groups in total. The summed E-state index contributed by atoms with van der Waals surface area (Å²) in [7, 11) is 0. The third-order valence-electron chi connectivity index (χ3n) is 3.25. The first-order valence-electron chi connectivity index (χ1n) is 5.85. The molecule has 0 saturated heterocycles. The molecule has 1 aromatic rings. The van der Waals surface area contributed by atoms with Crippen molar-refractivity contribution in [3.63, 3.8) is 0 Å². The van der Waals surface area contributed by atoms with E-state index in [1.807, 2.05) is 20.8 Å². The average Bonchev–Trinajstić information content (AvgIpc) is 2.31. The van der Waals surface area contributed by atoms with E-state index >= 15 is 0 Å². The molecule has 0 bridgehead atoms. The van der Waals surface area contributed by atoms with Crippen LogP contribution in [0.3, 0.4) is 0 Å². The van der Waals surface area contributed by atoms with Crippen LogP contribution in [0.5, 0.6) is 0 Å². The van der Waals surface area contributed by atoms with Gasteiger partial charge < -0.3 is 5.32 Å². The quantitative estimate of drug-likeness (QED) is 0.658. The van der Waals surface area contributed by atoms with Gasteiger partial charge in [-0.15, -0.1) is 0 Å². The largest absolute Gasteiger partial charge is 0.325 e. The highest BCUT2D eigenvalue weighted by Crippen LogP contribution is 2.28. The molecule has 98 valence electrons. The molecule has 0 heterocycles. The van der Waals surface area contributed by atoms with Crippen LogP contribution in [0.1, 0.15) is 32.8 Å². The molecular formula is C13H18N2O3. The first kappa shape index (κ1) is 14.2. The number of nitro groups is 1. The van der Waals surface area contributed by atoms with E-state index in [-0.39, 0.29) is 11.6 Å². The predicted molar refractivity (Wildman–Crippen MR) is 70.5 cm³/mol. The Morgan fingerprint density at radius 3 is 2.56 bits per heavy atom. The maximum Gasteiger partial charge on any atom is 0.274 e. The number of anilines is 1. The molecule has 0 saturated carbocycles. The zero-order valence-corrected chi connectivity index (χ0v) is 11.1. The molecule has 0 aliphatic carbocycles. The fourth-order valence-electron chi connectivity index (χ4n) is 1.41. The van der Waals surface area contributed by atoms with Gasteiger partial charge in [-0.05, 0) is 19.4 Å². The van der Waals surface area contributed by atoms with Crippen molar-refractivity contribution in [2.75, 3.05) is 5.32 Å². The van der Waals surface area contributed by atoms with Gasteiger partial charge in [0.2, 0.25) is 5.91 Å². The number of nitrogens with zero attached hydrogens (tertiary/aromatic N) is 1. The van der Waals surface area contributed by atoms with Crippen LogP contribution in [-0.4, -0.2) is 10.8 Å². The first-order chi connectivity index (χ1) is 8.29. The second-order valence-electron chi connectivity index (χ2n) is 4.90. The molecule has 0 aliphatic rings. The van der Waals surface area contributed by atoms with Crippen LogP contribution in [0.4, 0.5) is 11.4 Å². The van der Waals surface area contributed by atoms with Crippen molar-refractivity contribution >= 4 is 17.3 Å². The summed E-state index contributed by atoms with van der Waals surface area (Å²) < 4.78 is 0. The fourth-order valence-corrected chi connectivity index (χ4v) is 1.41. The van der Waals surface area contributed by atoms with Crippen LogP contribution in [0.15, 0.2) is 18.2 Å². The number of carbonyl (C=O) groups excluding carboxylic acids is 1. The Morgan fingerprint density at radius 1 is 1.44 bits per heavy atom. The van der Waals surface area contributed by atoms with Crippen molar-refractivity contribution in [2.24, 2.45) is 5.41 Å². The van der Waals surface area contributed by atoms with Gasteiger partial charge in [-0.3, -0.25) is 14.9 Å². The molecule has 1 aromatic carbocycles. The lowest BCUT2D eigenvalue weighted by molar-refractivity contribution is -0.385. The minimum absolute atomic E-state index is 0.0158. The lowest BCUT2D eigenvalue weighted by atomic mass is 9.89. The van der Waals surface area contributed by atoms with Gasteiger partial charge in [0, 0.05) is 11.5 Å². The molecule has 0 radical (unpaired) electrons. The summed E-state index contributed by atoms with van der Waals surface area (Å²) in [6, 6.07) is 4.67. The van der Waals surface area contributed by atoms with E-state index in [2.05, 4.69) is 5.32 Å². The Hall–Kier alpha value is -1.91. The summed E-state index contributed by atoms with van der Waals surface area (Å²) in [5, 5.41) is 13.6. The third-order valence-corrected chi connectivity index (χ3v) is 3.25. The normalized spacial score (nSPS) is 11.1. The summed E-state index contributed by atoms with van der Waals surface area (Å²) in [6.45, 7) is 7.25. The van der Waals surface area contributed by atoms with E-state index in [4.69, 9.17) is 0 Å². The Kier molecular flexibility index (Phi) is 4.06. The highest BCUT2D eigenvalue weighted by atomic mass is 16.6.